The molecule has 1 N–H and O–H groups in total. The molecule has 1 heterocycles. The number of methoxy groups -OCH3 is 1. The van der Waals surface area contributed by atoms with Crippen LogP contribution in [0.15, 0.2) is 23.8 Å². The van der Waals surface area contributed by atoms with Crippen LogP contribution in [0.3, 0.4) is 0 Å². The first-order chi connectivity index (χ1) is 17.4. The number of carbonyl (C=O) groups is 4. The van der Waals surface area contributed by atoms with Gasteiger partial charge in [-0.05, 0) is 56.6 Å². The molecule has 4 fully saturated rings. The van der Waals surface area contributed by atoms with Crippen molar-refractivity contribution in [3.05, 3.63) is 23.8 Å². The van der Waals surface area contributed by atoms with E-state index in [0.29, 0.717) is 6.42 Å². The summed E-state index contributed by atoms with van der Waals surface area (Å²) < 4.78 is 22.7. The van der Waals surface area contributed by atoms with Gasteiger partial charge in [0.25, 0.3) is 0 Å². The highest BCUT2D eigenvalue weighted by Crippen LogP contribution is 2.69. The first-order valence-electron chi connectivity index (χ1n) is 13.1. The van der Waals surface area contributed by atoms with E-state index in [1.165, 1.54) is 14.0 Å². The van der Waals surface area contributed by atoms with Crippen LogP contribution < -0.4 is 0 Å². The van der Waals surface area contributed by atoms with E-state index in [1.807, 2.05) is 13.0 Å². The van der Waals surface area contributed by atoms with Gasteiger partial charge in [-0.3, -0.25) is 19.2 Å². The van der Waals surface area contributed by atoms with Crippen molar-refractivity contribution < 1.29 is 43.2 Å². The van der Waals surface area contributed by atoms with E-state index in [9.17, 15) is 24.3 Å². The number of hydrogen-bond acceptors (Lipinski definition) is 9. The van der Waals surface area contributed by atoms with Gasteiger partial charge in [0.15, 0.2) is 24.3 Å². The third-order valence-corrected chi connectivity index (χ3v) is 10.1. The average molecular weight is 517 g/mol. The molecular formula is C28H36O9. The predicted octanol–water partition coefficient (Wildman–Crippen LogP) is 2.30. The summed E-state index contributed by atoms with van der Waals surface area (Å²) in [6.45, 7) is 6.44. The van der Waals surface area contributed by atoms with Gasteiger partial charge in [0.05, 0.1) is 19.3 Å². The highest BCUT2D eigenvalue weighted by molar-refractivity contribution is 6.01. The zero-order chi connectivity index (χ0) is 26.9. The zero-order valence-electron chi connectivity index (χ0n) is 22.0. The number of rotatable bonds is 5. The Labute approximate surface area is 216 Å². The predicted molar refractivity (Wildman–Crippen MR) is 129 cm³/mol. The van der Waals surface area contributed by atoms with Gasteiger partial charge in [-0.2, -0.15) is 0 Å². The van der Waals surface area contributed by atoms with Gasteiger partial charge >= 0.3 is 11.9 Å². The van der Waals surface area contributed by atoms with E-state index >= 15 is 0 Å². The van der Waals surface area contributed by atoms with Crippen LogP contribution in [0, 0.1) is 34.5 Å². The standard InChI is InChI=1S/C28H36O9/c1-14(24(33)34-5)25-36-22-11-19-18-7-6-16-10-17(30)8-9-26(16,3)23(18)20(31)12-27(19,4)28(22,37-25)21(32)13-35-15(2)29/h8-10,14,18-20,22-23,25,31H,6-7,11-13H2,1-5H3/t14?,18-,19-,20-,22?,23+,25?,26-,27-,28+/m0/s1. The van der Waals surface area contributed by atoms with E-state index in [-0.39, 0.29) is 30.0 Å². The Morgan fingerprint density at radius 1 is 1.27 bits per heavy atom. The molecule has 0 radical (unpaired) electrons. The van der Waals surface area contributed by atoms with Crippen molar-refractivity contribution in [3.8, 4) is 0 Å². The lowest BCUT2D eigenvalue weighted by Gasteiger charge is -2.59. The van der Waals surface area contributed by atoms with Gasteiger partial charge in [-0.25, -0.2) is 0 Å². The summed E-state index contributed by atoms with van der Waals surface area (Å²) in [5, 5.41) is 11.7. The van der Waals surface area contributed by atoms with Gasteiger partial charge < -0.3 is 24.1 Å². The second-order valence-electron chi connectivity index (χ2n) is 11.8. The first kappa shape index (κ1) is 26.3. The van der Waals surface area contributed by atoms with Gasteiger partial charge in [-0.1, -0.05) is 25.5 Å². The van der Waals surface area contributed by atoms with E-state index in [0.717, 1.165) is 18.4 Å². The Balaban J connectivity index is 1.54. The van der Waals surface area contributed by atoms with Gasteiger partial charge in [0.1, 0.15) is 5.92 Å². The highest BCUT2D eigenvalue weighted by Gasteiger charge is 2.76. The normalized spacial score (nSPS) is 44.6. The summed E-state index contributed by atoms with van der Waals surface area (Å²) in [6, 6.07) is 0. The molecule has 9 heteroatoms. The van der Waals surface area contributed by atoms with Crippen molar-refractivity contribution in [2.75, 3.05) is 13.7 Å². The van der Waals surface area contributed by atoms with Gasteiger partial charge in [0.2, 0.25) is 5.78 Å². The number of aliphatic hydroxyl groups excluding tert-OH is 1. The van der Waals surface area contributed by atoms with E-state index in [4.69, 9.17) is 18.9 Å². The molecule has 4 aliphatic carbocycles. The summed E-state index contributed by atoms with van der Waals surface area (Å²) in [5.74, 6) is -2.42. The zero-order valence-corrected chi connectivity index (χ0v) is 22.0. The number of fused-ring (bicyclic) bond motifs is 7. The third kappa shape index (κ3) is 3.61. The number of hydrogen-bond donors (Lipinski definition) is 1. The minimum atomic E-state index is -1.48. The van der Waals surface area contributed by atoms with Gasteiger partial charge in [0, 0.05) is 23.7 Å². The fourth-order valence-electron chi connectivity index (χ4n) is 8.39. The Morgan fingerprint density at radius 3 is 2.68 bits per heavy atom. The fourth-order valence-corrected chi connectivity index (χ4v) is 8.39. The maximum Gasteiger partial charge on any atom is 0.313 e. The molecular weight excluding hydrogens is 480 g/mol. The summed E-state index contributed by atoms with van der Waals surface area (Å²) >= 11 is 0. The van der Waals surface area contributed by atoms with Crippen LogP contribution in [0.2, 0.25) is 0 Å². The smallest absolute Gasteiger partial charge is 0.313 e. The van der Waals surface area contributed by atoms with E-state index < -0.39 is 65.2 Å². The molecule has 0 aromatic carbocycles. The molecule has 0 amide bonds. The molecule has 5 rings (SSSR count). The van der Waals surface area contributed by atoms with Crippen molar-refractivity contribution in [2.45, 2.75) is 77.5 Å². The maximum absolute atomic E-state index is 13.9. The second-order valence-corrected chi connectivity index (χ2v) is 11.8. The summed E-state index contributed by atoms with van der Waals surface area (Å²) in [5.41, 5.74) is -1.72. The van der Waals surface area contributed by atoms with Crippen LogP contribution in [-0.4, -0.2) is 66.4 Å². The summed E-state index contributed by atoms with van der Waals surface area (Å²) in [4.78, 5) is 49.8. The molecule has 10 atom stereocenters. The summed E-state index contributed by atoms with van der Waals surface area (Å²) in [6.07, 6.45) is 5.08. The van der Waals surface area contributed by atoms with Crippen LogP contribution in [-0.2, 0) is 38.1 Å². The summed E-state index contributed by atoms with van der Waals surface area (Å²) in [7, 11) is 1.28. The van der Waals surface area contributed by atoms with Gasteiger partial charge in [-0.15, -0.1) is 0 Å². The number of esters is 2. The lowest BCUT2D eigenvalue weighted by Crippen LogP contribution is -2.63. The topological polar surface area (TPSA) is 125 Å². The Kier molecular flexibility index (Phi) is 6.28. The van der Waals surface area contributed by atoms with Crippen molar-refractivity contribution in [1.82, 2.24) is 0 Å². The Morgan fingerprint density at radius 2 is 2.00 bits per heavy atom. The molecule has 3 unspecified atom stereocenters. The number of Topliss-reactive ketones (excluding diaryl/α,β-unsaturated/α-hetero) is 1. The number of aliphatic hydroxyl groups is 1. The fraction of sp³-hybridized carbons (Fsp3) is 0.714. The van der Waals surface area contributed by atoms with Crippen molar-refractivity contribution in [1.29, 1.82) is 0 Å². The molecule has 0 aromatic rings. The molecule has 3 saturated carbocycles. The van der Waals surface area contributed by atoms with Crippen LogP contribution in [0.1, 0.15) is 53.4 Å². The second kappa shape index (κ2) is 8.85. The van der Waals surface area contributed by atoms with E-state index in [2.05, 4.69) is 6.92 Å². The van der Waals surface area contributed by atoms with Crippen LogP contribution in [0.4, 0.5) is 0 Å². The quantitative estimate of drug-likeness (QED) is 0.548. The number of allylic oxidation sites excluding steroid dienone is 4. The number of ether oxygens (including phenoxy) is 4. The molecule has 5 aliphatic rings. The molecule has 0 bridgehead atoms. The minimum absolute atomic E-state index is 0.0223. The van der Waals surface area contributed by atoms with Crippen molar-refractivity contribution in [3.63, 3.8) is 0 Å². The highest BCUT2D eigenvalue weighted by atomic mass is 16.7. The Hall–Kier alpha value is -2.36. The Bertz CT molecular complexity index is 1090. The first-order valence-corrected chi connectivity index (χ1v) is 13.1. The molecule has 0 aromatic heterocycles. The number of carbonyl (C=O) groups excluding carboxylic acids is 4. The average Bonchev–Trinajstić information content (AvgIpc) is 3.34. The SMILES string of the molecule is COC(=O)C(C)C1OC2C[C@H]3[C@@H]4CCC5=CC(=O)C=C[C@]5(C)[C@H]4[C@@H](O)C[C@]3(C)[C@]2(C(=O)COC(C)=O)O1. The molecule has 9 nitrogen and oxygen atoms in total. The molecule has 0 spiro atoms. The molecule has 37 heavy (non-hydrogen) atoms. The molecule has 1 aliphatic heterocycles. The number of ketones is 2. The third-order valence-electron chi connectivity index (χ3n) is 10.1. The lowest BCUT2D eigenvalue weighted by molar-refractivity contribution is -0.210. The van der Waals surface area contributed by atoms with Crippen molar-refractivity contribution in [2.24, 2.45) is 34.5 Å². The monoisotopic (exact) mass is 516 g/mol. The van der Waals surface area contributed by atoms with Crippen LogP contribution in [0.5, 0.6) is 0 Å². The van der Waals surface area contributed by atoms with Crippen LogP contribution in [0.25, 0.3) is 0 Å². The van der Waals surface area contributed by atoms with Crippen LogP contribution >= 0.6 is 0 Å². The molecule has 1 saturated heterocycles. The van der Waals surface area contributed by atoms with Crippen molar-refractivity contribution >= 4 is 23.5 Å². The lowest BCUT2D eigenvalue weighted by atomic mass is 9.46. The van der Waals surface area contributed by atoms with E-state index in [1.54, 1.807) is 19.1 Å². The minimum Gasteiger partial charge on any atom is -0.469 e. The molecule has 202 valence electrons. The maximum atomic E-state index is 13.9. The largest absolute Gasteiger partial charge is 0.469 e.